The summed E-state index contributed by atoms with van der Waals surface area (Å²) in [6.45, 7) is 4.40. The molecule has 0 aliphatic heterocycles. The van der Waals surface area contributed by atoms with Crippen molar-refractivity contribution in [1.29, 1.82) is 0 Å². The molecule has 1 aromatic carbocycles. The maximum atomic E-state index is 5.77. The molecule has 1 aliphatic rings. The van der Waals surface area contributed by atoms with Gasteiger partial charge in [0.05, 0.1) is 0 Å². The highest BCUT2D eigenvalue weighted by atomic mass is 15.0. The lowest BCUT2D eigenvalue weighted by atomic mass is 9.86. The van der Waals surface area contributed by atoms with Gasteiger partial charge in [-0.05, 0) is 37.8 Å². The Labute approximate surface area is 91.9 Å². The first-order chi connectivity index (χ1) is 7.16. The summed E-state index contributed by atoms with van der Waals surface area (Å²) >= 11 is 0. The zero-order chi connectivity index (χ0) is 10.8. The van der Waals surface area contributed by atoms with Crippen LogP contribution in [0.15, 0.2) is 24.3 Å². The summed E-state index contributed by atoms with van der Waals surface area (Å²) in [6.07, 6.45) is 2.24. The molecule has 1 aromatic rings. The van der Waals surface area contributed by atoms with Gasteiger partial charge in [0.25, 0.3) is 0 Å². The molecule has 2 heteroatoms. The standard InChI is InChI=1S/C13H20N2/c1-9-5-3-4-6-13(9)10(2)15-12-7-11(14)8-12/h3-6,10-12,15H,7-8,14H2,1-2H3/t10-,11?,12?/m1/s1. The predicted molar refractivity (Wildman–Crippen MR) is 63.7 cm³/mol. The third kappa shape index (κ3) is 2.39. The zero-order valence-corrected chi connectivity index (χ0v) is 9.53. The monoisotopic (exact) mass is 204 g/mol. The minimum atomic E-state index is 0.423. The van der Waals surface area contributed by atoms with E-state index >= 15 is 0 Å². The maximum Gasteiger partial charge on any atom is 0.0296 e. The van der Waals surface area contributed by atoms with Gasteiger partial charge in [-0.25, -0.2) is 0 Å². The molecule has 0 spiro atoms. The van der Waals surface area contributed by atoms with E-state index in [2.05, 4.69) is 43.4 Å². The van der Waals surface area contributed by atoms with E-state index in [1.54, 1.807) is 0 Å². The number of rotatable bonds is 3. The van der Waals surface area contributed by atoms with Crippen molar-refractivity contribution in [2.45, 2.75) is 44.8 Å². The van der Waals surface area contributed by atoms with Crippen LogP contribution in [-0.2, 0) is 0 Å². The van der Waals surface area contributed by atoms with Crippen LogP contribution in [0.3, 0.4) is 0 Å². The Kier molecular flexibility index (Phi) is 3.08. The summed E-state index contributed by atoms with van der Waals surface area (Å²) in [5, 5.41) is 3.62. The quantitative estimate of drug-likeness (QED) is 0.791. The highest BCUT2D eigenvalue weighted by molar-refractivity contribution is 5.28. The molecule has 3 N–H and O–H groups in total. The summed E-state index contributed by atoms with van der Waals surface area (Å²) in [7, 11) is 0. The van der Waals surface area contributed by atoms with Gasteiger partial charge >= 0.3 is 0 Å². The second-order valence-electron chi connectivity index (χ2n) is 4.67. The zero-order valence-electron chi connectivity index (χ0n) is 9.53. The molecule has 0 radical (unpaired) electrons. The Hall–Kier alpha value is -0.860. The van der Waals surface area contributed by atoms with Crippen LogP contribution in [0.5, 0.6) is 0 Å². The number of aryl methyl sites for hydroxylation is 1. The van der Waals surface area contributed by atoms with Gasteiger partial charge in [0, 0.05) is 18.1 Å². The predicted octanol–water partition coefficient (Wildman–Crippen LogP) is 2.14. The van der Waals surface area contributed by atoms with Crippen LogP contribution in [0.1, 0.15) is 36.9 Å². The van der Waals surface area contributed by atoms with Crippen molar-refractivity contribution in [3.63, 3.8) is 0 Å². The third-order valence-corrected chi connectivity index (χ3v) is 3.32. The van der Waals surface area contributed by atoms with E-state index < -0.39 is 0 Å². The largest absolute Gasteiger partial charge is 0.328 e. The maximum absolute atomic E-state index is 5.77. The average Bonchev–Trinajstić information content (AvgIpc) is 2.16. The normalized spacial score (nSPS) is 27.1. The Morgan fingerprint density at radius 3 is 2.60 bits per heavy atom. The van der Waals surface area contributed by atoms with Crippen LogP contribution in [-0.4, -0.2) is 12.1 Å². The molecule has 1 atom stereocenters. The minimum absolute atomic E-state index is 0.423. The summed E-state index contributed by atoms with van der Waals surface area (Å²) in [6, 6.07) is 10.0. The van der Waals surface area contributed by atoms with E-state index in [-0.39, 0.29) is 0 Å². The van der Waals surface area contributed by atoms with Gasteiger partial charge in [-0.3, -0.25) is 0 Å². The van der Waals surface area contributed by atoms with Crippen LogP contribution >= 0.6 is 0 Å². The lowest BCUT2D eigenvalue weighted by Crippen LogP contribution is -2.49. The van der Waals surface area contributed by atoms with Gasteiger partial charge < -0.3 is 11.1 Å². The molecule has 0 bridgehead atoms. The molecule has 15 heavy (non-hydrogen) atoms. The van der Waals surface area contributed by atoms with Gasteiger partial charge in [0.1, 0.15) is 0 Å². The molecule has 0 unspecified atom stereocenters. The molecule has 1 aliphatic carbocycles. The number of hydrogen-bond donors (Lipinski definition) is 2. The van der Waals surface area contributed by atoms with Crippen molar-refractivity contribution in [3.8, 4) is 0 Å². The van der Waals surface area contributed by atoms with Gasteiger partial charge in [0.15, 0.2) is 0 Å². The summed E-state index contributed by atoms with van der Waals surface area (Å²) in [5.41, 5.74) is 8.54. The van der Waals surface area contributed by atoms with Crippen LogP contribution in [0.25, 0.3) is 0 Å². The van der Waals surface area contributed by atoms with E-state index in [4.69, 9.17) is 5.73 Å². The Balaban J connectivity index is 1.96. The van der Waals surface area contributed by atoms with Crippen molar-refractivity contribution < 1.29 is 0 Å². The van der Waals surface area contributed by atoms with Gasteiger partial charge in [-0.1, -0.05) is 24.3 Å². The molecule has 0 amide bonds. The molecule has 2 nitrogen and oxygen atoms in total. The van der Waals surface area contributed by atoms with E-state index in [0.29, 0.717) is 18.1 Å². The minimum Gasteiger partial charge on any atom is -0.328 e. The molecule has 0 heterocycles. The fourth-order valence-corrected chi connectivity index (χ4v) is 2.31. The van der Waals surface area contributed by atoms with Gasteiger partial charge in [0.2, 0.25) is 0 Å². The molecule has 0 aromatic heterocycles. The van der Waals surface area contributed by atoms with Gasteiger partial charge in [-0.2, -0.15) is 0 Å². The molecule has 1 fully saturated rings. The van der Waals surface area contributed by atoms with Crippen molar-refractivity contribution in [2.24, 2.45) is 5.73 Å². The van der Waals surface area contributed by atoms with E-state index in [9.17, 15) is 0 Å². The third-order valence-electron chi connectivity index (χ3n) is 3.32. The molecule has 0 saturated heterocycles. The van der Waals surface area contributed by atoms with Crippen molar-refractivity contribution in [2.75, 3.05) is 0 Å². The Bertz CT molecular complexity index is 329. The van der Waals surface area contributed by atoms with Crippen molar-refractivity contribution in [1.82, 2.24) is 5.32 Å². The summed E-state index contributed by atoms with van der Waals surface area (Å²) in [5.74, 6) is 0. The number of nitrogens with one attached hydrogen (secondary N) is 1. The first-order valence-corrected chi connectivity index (χ1v) is 5.74. The molecule has 82 valence electrons. The first kappa shape index (κ1) is 10.7. The highest BCUT2D eigenvalue weighted by Gasteiger charge is 2.27. The van der Waals surface area contributed by atoms with Crippen LogP contribution in [0.2, 0.25) is 0 Å². The van der Waals surface area contributed by atoms with Crippen LogP contribution < -0.4 is 11.1 Å². The second kappa shape index (κ2) is 4.33. The molecular weight excluding hydrogens is 184 g/mol. The molecule has 2 rings (SSSR count). The lowest BCUT2D eigenvalue weighted by molar-refractivity contribution is 0.272. The summed E-state index contributed by atoms with van der Waals surface area (Å²) in [4.78, 5) is 0. The van der Waals surface area contributed by atoms with Crippen LogP contribution in [0.4, 0.5) is 0 Å². The highest BCUT2D eigenvalue weighted by Crippen LogP contribution is 2.23. The van der Waals surface area contributed by atoms with E-state index in [1.165, 1.54) is 11.1 Å². The van der Waals surface area contributed by atoms with Crippen molar-refractivity contribution in [3.05, 3.63) is 35.4 Å². The van der Waals surface area contributed by atoms with E-state index in [1.807, 2.05) is 0 Å². The Morgan fingerprint density at radius 1 is 1.33 bits per heavy atom. The first-order valence-electron chi connectivity index (χ1n) is 5.74. The van der Waals surface area contributed by atoms with E-state index in [0.717, 1.165) is 12.8 Å². The summed E-state index contributed by atoms with van der Waals surface area (Å²) < 4.78 is 0. The average molecular weight is 204 g/mol. The fraction of sp³-hybridized carbons (Fsp3) is 0.538. The molecule has 1 saturated carbocycles. The smallest absolute Gasteiger partial charge is 0.0296 e. The SMILES string of the molecule is Cc1ccccc1[C@@H](C)NC1CC(N)C1. The van der Waals surface area contributed by atoms with Crippen LogP contribution in [0, 0.1) is 6.92 Å². The fourth-order valence-electron chi connectivity index (χ4n) is 2.31. The van der Waals surface area contributed by atoms with Gasteiger partial charge in [-0.15, -0.1) is 0 Å². The Morgan fingerprint density at radius 2 is 2.00 bits per heavy atom. The number of nitrogens with two attached hydrogens (primary N) is 1. The topological polar surface area (TPSA) is 38.0 Å². The number of benzene rings is 1. The second-order valence-corrected chi connectivity index (χ2v) is 4.67. The van der Waals surface area contributed by atoms with Crippen molar-refractivity contribution >= 4 is 0 Å². The lowest BCUT2D eigenvalue weighted by Gasteiger charge is -2.35. The number of hydrogen-bond acceptors (Lipinski definition) is 2. The molecular formula is C13H20N2.